The fraction of sp³-hybridized carbons (Fsp3) is 0.680. The molecule has 3 unspecified atom stereocenters. The Bertz CT molecular complexity index is 708. The van der Waals surface area contributed by atoms with Gasteiger partial charge in [0.15, 0.2) is 0 Å². The van der Waals surface area contributed by atoms with Crippen LogP contribution in [0.15, 0.2) is 47.1 Å². The summed E-state index contributed by atoms with van der Waals surface area (Å²) in [5.41, 5.74) is 6.27. The van der Waals surface area contributed by atoms with Gasteiger partial charge in [-0.05, 0) is 98.4 Å². The van der Waals surface area contributed by atoms with Crippen molar-refractivity contribution in [3.8, 4) is 0 Å². The maximum absolute atomic E-state index is 2.72. The molecule has 0 aromatic heterocycles. The highest BCUT2D eigenvalue weighted by atomic mass is 14.6. The predicted molar refractivity (Wildman–Crippen MR) is 108 cm³/mol. The Kier molecular flexibility index (Phi) is 3.54. The summed E-state index contributed by atoms with van der Waals surface area (Å²) in [6.45, 7) is 7.52. The molecule has 5 aliphatic rings. The summed E-state index contributed by atoms with van der Waals surface area (Å²) in [5, 5.41) is 0. The molecule has 0 radical (unpaired) electrons. The average Bonchev–Trinajstić information content (AvgIpc) is 2.90. The van der Waals surface area contributed by atoms with E-state index in [0.29, 0.717) is 10.8 Å². The molecule has 3 fully saturated rings. The van der Waals surface area contributed by atoms with Gasteiger partial charge in [-0.2, -0.15) is 0 Å². The van der Waals surface area contributed by atoms with E-state index >= 15 is 0 Å². The van der Waals surface area contributed by atoms with Gasteiger partial charge in [-0.3, -0.25) is 0 Å². The van der Waals surface area contributed by atoms with E-state index in [1.165, 1.54) is 51.4 Å². The molecule has 5 rings (SSSR count). The Morgan fingerprint density at radius 3 is 2.56 bits per heavy atom. The summed E-state index contributed by atoms with van der Waals surface area (Å²) in [5.74, 6) is 3.66. The average molecular weight is 337 g/mol. The third-order valence-electron chi connectivity index (χ3n) is 9.35. The highest BCUT2D eigenvalue weighted by molar-refractivity contribution is 5.40. The van der Waals surface area contributed by atoms with Crippen molar-refractivity contribution in [1.29, 1.82) is 0 Å². The van der Waals surface area contributed by atoms with Crippen molar-refractivity contribution in [2.45, 2.75) is 72.1 Å². The van der Waals surface area contributed by atoms with Gasteiger partial charge in [-0.1, -0.05) is 55.4 Å². The number of fused-ring (bicyclic) bond motifs is 5. The van der Waals surface area contributed by atoms with Gasteiger partial charge in [-0.15, -0.1) is 0 Å². The number of hydrogen-bond acceptors (Lipinski definition) is 0. The third kappa shape index (κ3) is 2.12. The Labute approximate surface area is 155 Å². The van der Waals surface area contributed by atoms with Crippen molar-refractivity contribution in [3.63, 3.8) is 0 Å². The monoisotopic (exact) mass is 336 g/mol. The van der Waals surface area contributed by atoms with E-state index in [1.54, 1.807) is 11.1 Å². The van der Waals surface area contributed by atoms with Gasteiger partial charge < -0.3 is 0 Å². The van der Waals surface area contributed by atoms with Crippen LogP contribution >= 0.6 is 0 Å². The normalized spacial score (nSPS) is 49.6. The number of hydrogen-bond donors (Lipinski definition) is 0. The van der Waals surface area contributed by atoms with Gasteiger partial charge in [-0.25, -0.2) is 0 Å². The van der Waals surface area contributed by atoms with E-state index in [2.05, 4.69) is 51.2 Å². The lowest BCUT2D eigenvalue weighted by atomic mass is 9.47. The van der Waals surface area contributed by atoms with Crippen LogP contribution in [0.3, 0.4) is 0 Å². The lowest BCUT2D eigenvalue weighted by Crippen LogP contribution is -2.49. The van der Waals surface area contributed by atoms with Crippen molar-refractivity contribution in [2.24, 2.45) is 34.5 Å². The molecule has 136 valence electrons. The summed E-state index contributed by atoms with van der Waals surface area (Å²) in [6.07, 6.45) is 23.4. The van der Waals surface area contributed by atoms with Crippen molar-refractivity contribution in [2.75, 3.05) is 0 Å². The summed E-state index contributed by atoms with van der Waals surface area (Å²) < 4.78 is 0. The fourth-order valence-corrected chi connectivity index (χ4v) is 7.75. The van der Waals surface area contributed by atoms with Gasteiger partial charge in [0.05, 0.1) is 0 Å². The van der Waals surface area contributed by atoms with E-state index in [0.717, 1.165) is 23.7 Å². The lowest BCUT2D eigenvalue weighted by molar-refractivity contribution is -0.0166. The summed E-state index contributed by atoms with van der Waals surface area (Å²) >= 11 is 0. The van der Waals surface area contributed by atoms with Crippen molar-refractivity contribution < 1.29 is 1.43 Å². The minimum absolute atomic E-state index is 0. The predicted octanol–water partition coefficient (Wildman–Crippen LogP) is 7.25. The van der Waals surface area contributed by atoms with Crippen LogP contribution in [0.1, 0.15) is 73.6 Å². The molecule has 25 heavy (non-hydrogen) atoms. The van der Waals surface area contributed by atoms with E-state index in [9.17, 15) is 0 Å². The zero-order valence-electron chi connectivity index (χ0n) is 16.4. The molecule has 6 atom stereocenters. The van der Waals surface area contributed by atoms with Gasteiger partial charge in [0, 0.05) is 1.43 Å². The van der Waals surface area contributed by atoms with Crippen LogP contribution in [0.2, 0.25) is 0 Å². The molecule has 0 aromatic carbocycles. The standard InChI is InChI=1S/C25H34.H2/c1-4-19-9-11-22-21-10-8-20-16-18(17-6-5-7-17)12-14-25(20,3)23(21)13-15-24(19,22)2;/h4-8,18,21-23H,9-16H2,1-3H3;1H/b19-4-;/t18-,21?,22?,23?,24+,25-;/m0./s1. The van der Waals surface area contributed by atoms with E-state index in [-0.39, 0.29) is 1.43 Å². The summed E-state index contributed by atoms with van der Waals surface area (Å²) in [4.78, 5) is 0. The quantitative estimate of drug-likeness (QED) is 0.442. The van der Waals surface area contributed by atoms with Crippen LogP contribution in [0.25, 0.3) is 0 Å². The second-order valence-corrected chi connectivity index (χ2v) is 10.0. The molecular weight excluding hydrogens is 300 g/mol. The maximum Gasteiger partial charge on any atom is 0 e. The lowest BCUT2D eigenvalue weighted by Gasteiger charge is -2.57. The van der Waals surface area contributed by atoms with E-state index in [1.807, 2.05) is 5.57 Å². The Hall–Kier alpha value is -1.04. The number of allylic oxidation sites excluding steroid dienone is 8. The highest BCUT2D eigenvalue weighted by Crippen LogP contribution is 2.66. The molecule has 0 spiro atoms. The molecule has 0 heterocycles. The van der Waals surface area contributed by atoms with Gasteiger partial charge in [0.25, 0.3) is 0 Å². The molecular formula is C25H36. The summed E-state index contributed by atoms with van der Waals surface area (Å²) in [7, 11) is 0. The van der Waals surface area contributed by atoms with Crippen LogP contribution in [-0.4, -0.2) is 0 Å². The first-order valence-electron chi connectivity index (χ1n) is 10.8. The minimum Gasteiger partial charge on any atom is -0.0879 e. The molecule has 5 aliphatic carbocycles. The zero-order chi connectivity index (χ0) is 17.2. The largest absolute Gasteiger partial charge is 0.0879 e. The molecule has 0 aromatic rings. The topological polar surface area (TPSA) is 0 Å². The molecule has 0 nitrogen and oxygen atoms in total. The Balaban J connectivity index is 0.00000168. The maximum atomic E-state index is 2.72. The van der Waals surface area contributed by atoms with Crippen molar-refractivity contribution in [1.82, 2.24) is 0 Å². The van der Waals surface area contributed by atoms with Crippen LogP contribution in [0.4, 0.5) is 0 Å². The first-order chi connectivity index (χ1) is 12.1. The van der Waals surface area contributed by atoms with Crippen LogP contribution in [0.5, 0.6) is 0 Å². The molecule has 0 amide bonds. The first-order valence-corrected chi connectivity index (χ1v) is 10.8. The minimum atomic E-state index is 0. The number of rotatable bonds is 1. The zero-order valence-corrected chi connectivity index (χ0v) is 16.4. The molecule has 0 bridgehead atoms. The van der Waals surface area contributed by atoms with Crippen LogP contribution < -0.4 is 0 Å². The van der Waals surface area contributed by atoms with Gasteiger partial charge in [0.2, 0.25) is 0 Å². The third-order valence-corrected chi connectivity index (χ3v) is 9.35. The molecule has 0 N–H and O–H groups in total. The summed E-state index contributed by atoms with van der Waals surface area (Å²) in [6, 6.07) is 0. The van der Waals surface area contributed by atoms with Crippen molar-refractivity contribution in [3.05, 3.63) is 47.1 Å². The molecule has 0 heteroatoms. The van der Waals surface area contributed by atoms with E-state index < -0.39 is 0 Å². The molecule has 3 saturated carbocycles. The van der Waals surface area contributed by atoms with Crippen LogP contribution in [0, 0.1) is 34.5 Å². The SMILES string of the molecule is C/C=C1/CCC2C3CC=C4C[C@@H](C5=CC=C5)CC[C@]4(C)C3CC[C@]12C.[HH]. The fourth-order valence-electron chi connectivity index (χ4n) is 7.75. The van der Waals surface area contributed by atoms with Gasteiger partial charge in [0.1, 0.15) is 0 Å². The van der Waals surface area contributed by atoms with Crippen molar-refractivity contribution >= 4 is 0 Å². The van der Waals surface area contributed by atoms with Gasteiger partial charge >= 0.3 is 0 Å². The highest BCUT2D eigenvalue weighted by Gasteiger charge is 2.57. The molecule has 0 aliphatic heterocycles. The van der Waals surface area contributed by atoms with Crippen LogP contribution in [-0.2, 0) is 0 Å². The van der Waals surface area contributed by atoms with E-state index in [4.69, 9.17) is 0 Å². The smallest absolute Gasteiger partial charge is 0 e. The first kappa shape index (κ1) is 16.2. The Morgan fingerprint density at radius 1 is 1.08 bits per heavy atom. The Morgan fingerprint density at radius 2 is 1.84 bits per heavy atom. The second-order valence-electron chi connectivity index (χ2n) is 10.0. The second kappa shape index (κ2) is 5.48. The molecule has 0 saturated heterocycles.